The SMILES string of the molecule is CC(CC(=O)Cn1cnc2ccc(F)c(F)c21)c1ccc(C2(C#N)CCC2)cc1. The smallest absolute Gasteiger partial charge is 0.184 e. The number of hydrogen-bond donors (Lipinski definition) is 0. The fourth-order valence-electron chi connectivity index (χ4n) is 4.06. The van der Waals surface area contributed by atoms with Crippen molar-refractivity contribution in [2.24, 2.45) is 0 Å². The summed E-state index contributed by atoms with van der Waals surface area (Å²) in [5.41, 5.74) is 2.04. The van der Waals surface area contributed by atoms with Crippen molar-refractivity contribution in [3.05, 3.63) is 65.5 Å². The van der Waals surface area contributed by atoms with Crippen LogP contribution in [0.25, 0.3) is 11.0 Å². The zero-order chi connectivity index (χ0) is 20.6. The predicted molar refractivity (Wildman–Crippen MR) is 105 cm³/mol. The predicted octanol–water partition coefficient (Wildman–Crippen LogP) is 5.02. The van der Waals surface area contributed by atoms with Crippen LogP contribution in [-0.4, -0.2) is 15.3 Å². The summed E-state index contributed by atoms with van der Waals surface area (Å²) in [5.74, 6) is -2.05. The number of benzene rings is 2. The van der Waals surface area contributed by atoms with Crippen molar-refractivity contribution < 1.29 is 13.6 Å². The number of aromatic nitrogens is 2. The summed E-state index contributed by atoms with van der Waals surface area (Å²) in [6.07, 6.45) is 4.51. The van der Waals surface area contributed by atoms with E-state index in [1.54, 1.807) is 0 Å². The molecule has 2 aromatic carbocycles. The van der Waals surface area contributed by atoms with Crippen LogP contribution in [0.1, 0.15) is 49.7 Å². The first-order chi connectivity index (χ1) is 13.9. The van der Waals surface area contributed by atoms with Crippen molar-refractivity contribution in [3.63, 3.8) is 0 Å². The van der Waals surface area contributed by atoms with E-state index < -0.39 is 11.6 Å². The first-order valence-corrected chi connectivity index (χ1v) is 9.76. The van der Waals surface area contributed by atoms with Gasteiger partial charge in [0, 0.05) is 6.42 Å². The molecule has 1 heterocycles. The van der Waals surface area contributed by atoms with E-state index in [0.717, 1.165) is 36.5 Å². The second-order valence-corrected chi connectivity index (χ2v) is 7.91. The maximum Gasteiger partial charge on any atom is 0.184 e. The zero-order valence-electron chi connectivity index (χ0n) is 16.2. The molecule has 4 rings (SSSR count). The molecule has 0 aliphatic heterocycles. The third-order valence-corrected chi connectivity index (χ3v) is 6.01. The van der Waals surface area contributed by atoms with Crippen LogP contribution in [0.3, 0.4) is 0 Å². The number of Topliss-reactive ketones (excluding diaryl/α,β-unsaturated/α-hetero) is 1. The lowest BCUT2D eigenvalue weighted by molar-refractivity contribution is -0.119. The topological polar surface area (TPSA) is 58.7 Å². The van der Waals surface area contributed by atoms with E-state index in [1.165, 1.54) is 17.0 Å². The maximum atomic E-state index is 14.1. The van der Waals surface area contributed by atoms with Gasteiger partial charge in [0.2, 0.25) is 0 Å². The van der Waals surface area contributed by atoms with Crippen LogP contribution in [0.15, 0.2) is 42.7 Å². The minimum absolute atomic E-state index is 0.0117. The van der Waals surface area contributed by atoms with Crippen LogP contribution in [0.5, 0.6) is 0 Å². The van der Waals surface area contributed by atoms with Gasteiger partial charge in [-0.1, -0.05) is 31.2 Å². The Kier molecular flexibility index (Phi) is 4.91. The first kappa shape index (κ1) is 19.3. The Hall–Kier alpha value is -3.07. The van der Waals surface area contributed by atoms with Crippen LogP contribution < -0.4 is 0 Å². The number of rotatable bonds is 6. The molecule has 1 aliphatic carbocycles. The van der Waals surface area contributed by atoms with Crippen molar-refractivity contribution in [3.8, 4) is 6.07 Å². The highest BCUT2D eigenvalue weighted by Crippen LogP contribution is 2.43. The lowest BCUT2D eigenvalue weighted by atomic mass is 9.65. The number of hydrogen-bond acceptors (Lipinski definition) is 3. The molecule has 1 aromatic heterocycles. The minimum atomic E-state index is -0.987. The molecule has 29 heavy (non-hydrogen) atoms. The fourth-order valence-corrected chi connectivity index (χ4v) is 4.06. The number of nitrogens with zero attached hydrogens (tertiary/aromatic N) is 3. The van der Waals surface area contributed by atoms with Crippen molar-refractivity contribution >= 4 is 16.8 Å². The normalized spacial score (nSPS) is 16.2. The number of imidazole rings is 1. The van der Waals surface area contributed by atoms with Gasteiger partial charge in [0.05, 0.1) is 29.9 Å². The summed E-state index contributed by atoms with van der Waals surface area (Å²) in [7, 11) is 0. The van der Waals surface area contributed by atoms with E-state index in [-0.39, 0.29) is 35.6 Å². The Bertz CT molecular complexity index is 1110. The van der Waals surface area contributed by atoms with Gasteiger partial charge < -0.3 is 4.57 Å². The van der Waals surface area contributed by atoms with E-state index in [1.807, 2.05) is 31.2 Å². The molecular weight excluding hydrogens is 372 g/mol. The second-order valence-electron chi connectivity index (χ2n) is 7.91. The lowest BCUT2D eigenvalue weighted by Crippen LogP contribution is -2.32. The minimum Gasteiger partial charge on any atom is -0.321 e. The van der Waals surface area contributed by atoms with E-state index in [9.17, 15) is 18.8 Å². The van der Waals surface area contributed by atoms with E-state index in [4.69, 9.17) is 0 Å². The monoisotopic (exact) mass is 393 g/mol. The van der Waals surface area contributed by atoms with Gasteiger partial charge in [-0.2, -0.15) is 5.26 Å². The van der Waals surface area contributed by atoms with Crippen LogP contribution >= 0.6 is 0 Å². The Morgan fingerprint density at radius 3 is 2.59 bits per heavy atom. The Morgan fingerprint density at radius 1 is 1.24 bits per heavy atom. The van der Waals surface area contributed by atoms with E-state index in [2.05, 4.69) is 11.1 Å². The fraction of sp³-hybridized carbons (Fsp3) is 0.348. The average Bonchev–Trinajstić information content (AvgIpc) is 3.08. The Morgan fingerprint density at radius 2 is 1.97 bits per heavy atom. The van der Waals surface area contributed by atoms with Gasteiger partial charge >= 0.3 is 0 Å². The van der Waals surface area contributed by atoms with Crippen LogP contribution in [-0.2, 0) is 16.8 Å². The Labute approximate surface area is 167 Å². The quantitative estimate of drug-likeness (QED) is 0.591. The molecule has 0 spiro atoms. The summed E-state index contributed by atoms with van der Waals surface area (Å²) >= 11 is 0. The van der Waals surface area contributed by atoms with Gasteiger partial charge in [-0.3, -0.25) is 4.79 Å². The van der Waals surface area contributed by atoms with Crippen LogP contribution in [0.2, 0.25) is 0 Å². The van der Waals surface area contributed by atoms with E-state index in [0.29, 0.717) is 5.52 Å². The standard InChI is InChI=1S/C23H21F2N3O/c1-15(16-3-5-17(6-4-16)23(13-26)9-2-10-23)11-18(29)12-28-14-27-20-8-7-19(24)21(25)22(20)28/h3-8,14-15H,2,9-12H2,1H3. The number of halogens is 2. The highest BCUT2D eigenvalue weighted by Gasteiger charge is 2.38. The number of carbonyl (C=O) groups is 1. The number of ketones is 1. The molecule has 1 unspecified atom stereocenters. The molecule has 0 bridgehead atoms. The molecule has 1 saturated carbocycles. The van der Waals surface area contributed by atoms with Gasteiger partial charge in [0.15, 0.2) is 17.4 Å². The van der Waals surface area contributed by atoms with Crippen molar-refractivity contribution in [1.29, 1.82) is 5.26 Å². The summed E-state index contributed by atoms with van der Waals surface area (Å²) in [5, 5.41) is 9.47. The molecule has 6 heteroatoms. The lowest BCUT2D eigenvalue weighted by Gasteiger charge is -2.35. The highest BCUT2D eigenvalue weighted by atomic mass is 19.2. The molecule has 1 fully saturated rings. The third-order valence-electron chi connectivity index (χ3n) is 6.01. The van der Waals surface area contributed by atoms with Crippen LogP contribution in [0, 0.1) is 23.0 Å². The van der Waals surface area contributed by atoms with Gasteiger partial charge in [-0.25, -0.2) is 13.8 Å². The molecule has 1 atom stereocenters. The molecule has 0 amide bonds. The maximum absolute atomic E-state index is 14.1. The molecule has 1 aliphatic rings. The largest absolute Gasteiger partial charge is 0.321 e. The van der Waals surface area contributed by atoms with E-state index >= 15 is 0 Å². The average molecular weight is 393 g/mol. The van der Waals surface area contributed by atoms with Gasteiger partial charge in [-0.15, -0.1) is 0 Å². The van der Waals surface area contributed by atoms with Crippen molar-refractivity contribution in [2.75, 3.05) is 0 Å². The van der Waals surface area contributed by atoms with Gasteiger partial charge in [0.25, 0.3) is 0 Å². The van der Waals surface area contributed by atoms with Crippen LogP contribution in [0.4, 0.5) is 8.78 Å². The summed E-state index contributed by atoms with van der Waals surface area (Å²) in [6.45, 7) is 1.90. The summed E-state index contributed by atoms with van der Waals surface area (Å²) in [4.78, 5) is 16.6. The molecular formula is C23H21F2N3O. The van der Waals surface area contributed by atoms with Gasteiger partial charge in [-0.05, 0) is 48.4 Å². The Balaban J connectivity index is 1.45. The zero-order valence-corrected chi connectivity index (χ0v) is 16.2. The molecule has 3 aromatic rings. The highest BCUT2D eigenvalue weighted by molar-refractivity contribution is 5.82. The second kappa shape index (κ2) is 7.40. The van der Waals surface area contributed by atoms with Crippen molar-refractivity contribution in [1.82, 2.24) is 9.55 Å². The molecule has 0 radical (unpaired) electrons. The van der Waals surface area contributed by atoms with Gasteiger partial charge in [0.1, 0.15) is 5.52 Å². The number of carbonyl (C=O) groups excluding carboxylic acids is 1. The molecule has 0 N–H and O–H groups in total. The molecule has 4 nitrogen and oxygen atoms in total. The third kappa shape index (κ3) is 3.42. The number of fused-ring (bicyclic) bond motifs is 1. The molecule has 0 saturated heterocycles. The number of nitriles is 1. The summed E-state index contributed by atoms with van der Waals surface area (Å²) < 4.78 is 29.0. The summed E-state index contributed by atoms with van der Waals surface area (Å²) in [6, 6.07) is 12.8. The first-order valence-electron chi connectivity index (χ1n) is 9.76. The van der Waals surface area contributed by atoms with Crippen molar-refractivity contribution in [2.45, 2.75) is 50.5 Å². The molecule has 148 valence electrons.